The molecule has 1 saturated heterocycles. The molecule has 2 heterocycles. The standard InChI is InChI=1S/C14H14N4O2/c19-13-6-5-11(18-13)14(20)17-10-3-1-9(2-4-10)12-7-15-8-16-12/h1-4,7-8,11H,5-6H2,(H,15,16)(H,17,20)(H,18,19). The monoisotopic (exact) mass is 270 g/mol. The summed E-state index contributed by atoms with van der Waals surface area (Å²) in [6.45, 7) is 0. The van der Waals surface area contributed by atoms with Gasteiger partial charge in [0, 0.05) is 12.1 Å². The van der Waals surface area contributed by atoms with E-state index in [2.05, 4.69) is 20.6 Å². The van der Waals surface area contributed by atoms with Gasteiger partial charge >= 0.3 is 0 Å². The molecule has 0 bridgehead atoms. The van der Waals surface area contributed by atoms with Crippen molar-refractivity contribution in [3.63, 3.8) is 0 Å². The molecule has 1 aromatic heterocycles. The quantitative estimate of drug-likeness (QED) is 0.785. The molecule has 0 aliphatic carbocycles. The molecule has 6 nitrogen and oxygen atoms in total. The van der Waals surface area contributed by atoms with E-state index in [1.165, 1.54) is 0 Å². The molecule has 1 aliphatic rings. The zero-order valence-corrected chi connectivity index (χ0v) is 10.7. The number of imidazole rings is 1. The van der Waals surface area contributed by atoms with Crippen molar-refractivity contribution in [2.24, 2.45) is 0 Å². The zero-order valence-electron chi connectivity index (χ0n) is 10.7. The van der Waals surface area contributed by atoms with Crippen molar-refractivity contribution in [2.75, 3.05) is 5.32 Å². The number of carbonyl (C=O) groups excluding carboxylic acids is 2. The van der Waals surface area contributed by atoms with Gasteiger partial charge in [0.15, 0.2) is 0 Å². The molecule has 2 aromatic rings. The first-order valence-corrected chi connectivity index (χ1v) is 6.41. The van der Waals surface area contributed by atoms with Crippen LogP contribution in [0.4, 0.5) is 5.69 Å². The second-order valence-corrected chi connectivity index (χ2v) is 4.69. The van der Waals surface area contributed by atoms with Gasteiger partial charge in [0.25, 0.3) is 0 Å². The highest BCUT2D eigenvalue weighted by Gasteiger charge is 2.26. The van der Waals surface area contributed by atoms with Gasteiger partial charge in [-0.3, -0.25) is 9.59 Å². The van der Waals surface area contributed by atoms with E-state index in [0.717, 1.165) is 11.3 Å². The van der Waals surface area contributed by atoms with Gasteiger partial charge in [0.05, 0.1) is 18.2 Å². The van der Waals surface area contributed by atoms with E-state index in [9.17, 15) is 9.59 Å². The summed E-state index contributed by atoms with van der Waals surface area (Å²) in [5.41, 5.74) is 2.63. The van der Waals surface area contributed by atoms with Crippen LogP contribution in [0.1, 0.15) is 12.8 Å². The molecule has 1 aliphatic heterocycles. The minimum atomic E-state index is -0.421. The van der Waals surface area contributed by atoms with Gasteiger partial charge in [0.1, 0.15) is 6.04 Å². The molecule has 0 radical (unpaired) electrons. The Balaban J connectivity index is 1.66. The van der Waals surface area contributed by atoms with E-state index in [-0.39, 0.29) is 11.8 Å². The normalized spacial score (nSPS) is 17.8. The van der Waals surface area contributed by atoms with Gasteiger partial charge in [-0.1, -0.05) is 12.1 Å². The highest BCUT2D eigenvalue weighted by molar-refractivity contribution is 5.99. The molecular weight excluding hydrogens is 256 g/mol. The lowest BCUT2D eigenvalue weighted by molar-refractivity contribution is -0.122. The summed E-state index contributed by atoms with van der Waals surface area (Å²) in [4.78, 5) is 30.0. The van der Waals surface area contributed by atoms with Crippen molar-refractivity contribution in [1.29, 1.82) is 0 Å². The number of amides is 2. The summed E-state index contributed by atoms with van der Waals surface area (Å²) in [6, 6.07) is 7.03. The van der Waals surface area contributed by atoms with Crippen LogP contribution in [0, 0.1) is 0 Å². The van der Waals surface area contributed by atoms with E-state index >= 15 is 0 Å². The molecule has 1 aromatic carbocycles. The predicted molar refractivity (Wildman–Crippen MR) is 73.8 cm³/mol. The van der Waals surface area contributed by atoms with Gasteiger partial charge in [-0.05, 0) is 24.1 Å². The lowest BCUT2D eigenvalue weighted by atomic mass is 10.1. The summed E-state index contributed by atoms with van der Waals surface area (Å²) < 4.78 is 0. The number of aromatic amines is 1. The Morgan fingerprint density at radius 3 is 2.70 bits per heavy atom. The number of nitrogens with zero attached hydrogens (tertiary/aromatic N) is 1. The Bertz CT molecular complexity index is 619. The minimum Gasteiger partial charge on any atom is -0.345 e. The third-order valence-corrected chi connectivity index (χ3v) is 3.27. The SMILES string of the molecule is O=C1CCC(C(=O)Nc2ccc(-c3cnc[nH]3)cc2)N1. The van der Waals surface area contributed by atoms with Crippen molar-refractivity contribution in [1.82, 2.24) is 15.3 Å². The Labute approximate surface area is 115 Å². The Hall–Kier alpha value is -2.63. The number of rotatable bonds is 3. The van der Waals surface area contributed by atoms with E-state index in [0.29, 0.717) is 18.5 Å². The summed E-state index contributed by atoms with van der Waals surface area (Å²) in [5.74, 6) is -0.245. The van der Waals surface area contributed by atoms with E-state index in [4.69, 9.17) is 0 Å². The number of H-pyrrole nitrogens is 1. The Morgan fingerprint density at radius 2 is 2.10 bits per heavy atom. The first-order chi connectivity index (χ1) is 9.72. The van der Waals surface area contributed by atoms with Crippen LogP contribution in [-0.4, -0.2) is 27.8 Å². The maximum Gasteiger partial charge on any atom is 0.246 e. The number of hydrogen-bond acceptors (Lipinski definition) is 3. The molecule has 0 spiro atoms. The summed E-state index contributed by atoms with van der Waals surface area (Å²) in [6.07, 6.45) is 4.32. The average molecular weight is 270 g/mol. The van der Waals surface area contributed by atoms with Crippen molar-refractivity contribution in [3.05, 3.63) is 36.8 Å². The molecule has 1 fully saturated rings. The number of hydrogen-bond donors (Lipinski definition) is 3. The van der Waals surface area contributed by atoms with Crippen LogP contribution >= 0.6 is 0 Å². The molecule has 3 rings (SSSR count). The summed E-state index contributed by atoms with van der Waals surface area (Å²) >= 11 is 0. The van der Waals surface area contributed by atoms with Crippen molar-refractivity contribution in [2.45, 2.75) is 18.9 Å². The third-order valence-electron chi connectivity index (χ3n) is 3.27. The van der Waals surface area contributed by atoms with Crippen LogP contribution in [0.5, 0.6) is 0 Å². The first kappa shape index (κ1) is 12.4. The molecule has 3 N–H and O–H groups in total. The first-order valence-electron chi connectivity index (χ1n) is 6.41. The number of aromatic nitrogens is 2. The second-order valence-electron chi connectivity index (χ2n) is 4.69. The minimum absolute atomic E-state index is 0.0697. The fourth-order valence-corrected chi connectivity index (χ4v) is 2.19. The Morgan fingerprint density at radius 1 is 1.30 bits per heavy atom. The van der Waals surface area contributed by atoms with Crippen LogP contribution < -0.4 is 10.6 Å². The topological polar surface area (TPSA) is 86.9 Å². The smallest absolute Gasteiger partial charge is 0.246 e. The average Bonchev–Trinajstić information content (AvgIpc) is 3.10. The predicted octanol–water partition coefficient (Wildman–Crippen LogP) is 1.29. The summed E-state index contributed by atoms with van der Waals surface area (Å²) in [5, 5.41) is 5.44. The highest BCUT2D eigenvalue weighted by Crippen LogP contribution is 2.19. The van der Waals surface area contributed by atoms with Crippen LogP contribution in [0.15, 0.2) is 36.8 Å². The number of benzene rings is 1. The van der Waals surface area contributed by atoms with Crippen LogP contribution in [0.25, 0.3) is 11.3 Å². The molecule has 1 atom stereocenters. The molecule has 20 heavy (non-hydrogen) atoms. The van der Waals surface area contributed by atoms with Crippen molar-refractivity contribution < 1.29 is 9.59 Å². The zero-order chi connectivity index (χ0) is 13.9. The van der Waals surface area contributed by atoms with Gasteiger partial charge in [-0.15, -0.1) is 0 Å². The fraction of sp³-hybridized carbons (Fsp3) is 0.214. The van der Waals surface area contributed by atoms with Crippen LogP contribution in [-0.2, 0) is 9.59 Å². The number of anilines is 1. The van der Waals surface area contributed by atoms with Gasteiger partial charge in [-0.2, -0.15) is 0 Å². The van der Waals surface area contributed by atoms with Gasteiger partial charge < -0.3 is 15.6 Å². The fourth-order valence-electron chi connectivity index (χ4n) is 2.19. The maximum atomic E-state index is 11.9. The van der Waals surface area contributed by atoms with E-state index in [1.807, 2.05) is 24.3 Å². The van der Waals surface area contributed by atoms with Crippen LogP contribution in [0.3, 0.4) is 0 Å². The molecule has 1 unspecified atom stereocenters. The lowest BCUT2D eigenvalue weighted by Gasteiger charge is -2.11. The molecule has 2 amide bonds. The highest BCUT2D eigenvalue weighted by atomic mass is 16.2. The summed E-state index contributed by atoms with van der Waals surface area (Å²) in [7, 11) is 0. The number of carbonyl (C=O) groups is 2. The van der Waals surface area contributed by atoms with Crippen molar-refractivity contribution >= 4 is 17.5 Å². The van der Waals surface area contributed by atoms with Gasteiger partial charge in [-0.25, -0.2) is 4.98 Å². The van der Waals surface area contributed by atoms with Crippen LogP contribution in [0.2, 0.25) is 0 Å². The molecule has 102 valence electrons. The molecular formula is C14H14N4O2. The third kappa shape index (κ3) is 2.54. The molecule has 0 saturated carbocycles. The number of nitrogens with one attached hydrogen (secondary N) is 3. The maximum absolute atomic E-state index is 11.9. The van der Waals surface area contributed by atoms with Gasteiger partial charge in [0.2, 0.25) is 11.8 Å². The van der Waals surface area contributed by atoms with Crippen molar-refractivity contribution in [3.8, 4) is 11.3 Å². The Kier molecular flexibility index (Phi) is 3.20. The second kappa shape index (κ2) is 5.16. The molecule has 6 heteroatoms. The van der Waals surface area contributed by atoms with E-state index in [1.54, 1.807) is 12.5 Å². The lowest BCUT2D eigenvalue weighted by Crippen LogP contribution is -2.37. The largest absolute Gasteiger partial charge is 0.345 e. The van der Waals surface area contributed by atoms with E-state index < -0.39 is 6.04 Å².